The van der Waals surface area contributed by atoms with Crippen molar-refractivity contribution in [2.24, 2.45) is 0 Å². The zero-order valence-electron chi connectivity index (χ0n) is 8.83. The Bertz CT molecular complexity index is 533. The monoisotopic (exact) mass is 280 g/mol. The van der Waals surface area contributed by atoms with E-state index in [0.29, 0.717) is 0 Å². The quantitative estimate of drug-likeness (QED) is 0.843. The summed E-state index contributed by atoms with van der Waals surface area (Å²) in [5.41, 5.74) is 0. The third-order valence-corrected chi connectivity index (χ3v) is 3.55. The summed E-state index contributed by atoms with van der Waals surface area (Å²) in [6, 6.07) is 3.17. The minimum Gasteiger partial charge on any atom is -0.358 e. The minimum atomic E-state index is -4.06. The van der Waals surface area contributed by atoms with Crippen molar-refractivity contribution < 1.29 is 17.6 Å². The Hall–Kier alpha value is -1.18. The van der Waals surface area contributed by atoms with E-state index in [1.54, 1.807) is 0 Å². The Labute approximate surface area is 103 Å². The topological polar surface area (TPSA) is 75.3 Å². The van der Waals surface area contributed by atoms with Crippen molar-refractivity contribution in [1.29, 1.82) is 0 Å². The average Bonchev–Trinajstić information content (AvgIpc) is 2.25. The van der Waals surface area contributed by atoms with Gasteiger partial charge in [0, 0.05) is 12.1 Å². The van der Waals surface area contributed by atoms with Crippen LogP contribution < -0.4 is 10.0 Å². The molecule has 0 spiro atoms. The summed E-state index contributed by atoms with van der Waals surface area (Å²) in [6.07, 6.45) is 0. The summed E-state index contributed by atoms with van der Waals surface area (Å²) in [7, 11) is -2.70. The Morgan fingerprint density at radius 3 is 2.65 bits per heavy atom. The maximum absolute atomic E-state index is 13.3. The molecule has 0 saturated carbocycles. The highest BCUT2D eigenvalue weighted by molar-refractivity contribution is 7.89. The van der Waals surface area contributed by atoms with Gasteiger partial charge in [0.05, 0.1) is 6.54 Å². The van der Waals surface area contributed by atoms with Crippen molar-refractivity contribution >= 4 is 27.5 Å². The van der Waals surface area contributed by atoms with E-state index in [0.717, 1.165) is 12.1 Å². The molecule has 0 aliphatic carbocycles. The zero-order valence-corrected chi connectivity index (χ0v) is 10.4. The lowest BCUT2D eigenvalue weighted by atomic mass is 10.3. The number of benzene rings is 1. The van der Waals surface area contributed by atoms with Gasteiger partial charge in [0.2, 0.25) is 15.9 Å². The average molecular weight is 281 g/mol. The fourth-order valence-corrected chi connectivity index (χ4v) is 2.22. The first-order valence-electron chi connectivity index (χ1n) is 4.52. The fraction of sp³-hybridized carbons (Fsp3) is 0.222. The summed E-state index contributed by atoms with van der Waals surface area (Å²) in [5, 5.41) is 2.32. The molecule has 1 aromatic rings. The lowest BCUT2D eigenvalue weighted by Crippen LogP contribution is -2.35. The highest BCUT2D eigenvalue weighted by atomic mass is 35.5. The number of halogens is 2. The Morgan fingerprint density at radius 2 is 2.12 bits per heavy atom. The molecular formula is C9H10ClFN2O3S. The molecule has 5 nitrogen and oxygen atoms in total. The van der Waals surface area contributed by atoms with Crippen molar-refractivity contribution in [1.82, 2.24) is 10.0 Å². The number of sulfonamides is 1. The standard InChI is InChI=1S/C9H10ClFN2O3S/c1-12-9(14)5-13-17(15,16)8-3-2-6(10)4-7(8)11/h2-4,13H,5H2,1H3,(H,12,14). The summed E-state index contributed by atoms with van der Waals surface area (Å²) in [6.45, 7) is -0.457. The molecule has 94 valence electrons. The predicted molar refractivity (Wildman–Crippen MR) is 60.7 cm³/mol. The highest BCUT2D eigenvalue weighted by Crippen LogP contribution is 2.18. The van der Waals surface area contributed by atoms with Gasteiger partial charge >= 0.3 is 0 Å². The molecule has 1 aromatic carbocycles. The van der Waals surface area contributed by atoms with E-state index in [4.69, 9.17) is 11.6 Å². The number of hydrogen-bond donors (Lipinski definition) is 2. The van der Waals surface area contributed by atoms with Gasteiger partial charge in [0.15, 0.2) is 0 Å². The molecule has 0 heterocycles. The van der Waals surface area contributed by atoms with Gasteiger partial charge in [-0.05, 0) is 18.2 Å². The van der Waals surface area contributed by atoms with Crippen LogP contribution in [0.2, 0.25) is 5.02 Å². The maximum Gasteiger partial charge on any atom is 0.243 e. The first kappa shape index (κ1) is 13.9. The van der Waals surface area contributed by atoms with Gasteiger partial charge in [-0.1, -0.05) is 11.6 Å². The van der Waals surface area contributed by atoms with Gasteiger partial charge in [0.1, 0.15) is 10.7 Å². The molecule has 0 aliphatic heterocycles. The van der Waals surface area contributed by atoms with Crippen LogP contribution in [0.5, 0.6) is 0 Å². The predicted octanol–water partition coefficient (Wildman–Crippen LogP) is 0.503. The molecule has 0 fully saturated rings. The minimum absolute atomic E-state index is 0.0905. The molecule has 0 unspecified atom stereocenters. The molecule has 1 rings (SSSR count). The van der Waals surface area contributed by atoms with E-state index in [9.17, 15) is 17.6 Å². The van der Waals surface area contributed by atoms with E-state index in [-0.39, 0.29) is 5.02 Å². The van der Waals surface area contributed by atoms with Crippen LogP contribution in [-0.2, 0) is 14.8 Å². The Balaban J connectivity index is 2.94. The summed E-state index contributed by atoms with van der Waals surface area (Å²) < 4.78 is 38.5. The van der Waals surface area contributed by atoms with Crippen LogP contribution in [0, 0.1) is 5.82 Å². The summed E-state index contributed by atoms with van der Waals surface area (Å²) >= 11 is 5.50. The smallest absolute Gasteiger partial charge is 0.243 e. The van der Waals surface area contributed by atoms with Gasteiger partial charge in [-0.15, -0.1) is 0 Å². The molecule has 2 N–H and O–H groups in total. The first-order valence-corrected chi connectivity index (χ1v) is 6.38. The number of rotatable bonds is 4. The number of carbonyl (C=O) groups excluding carboxylic acids is 1. The molecule has 0 bridgehead atoms. The van der Waals surface area contributed by atoms with Gasteiger partial charge < -0.3 is 5.32 Å². The second-order valence-electron chi connectivity index (χ2n) is 3.07. The van der Waals surface area contributed by atoms with Gasteiger partial charge in [-0.25, -0.2) is 17.5 Å². The second kappa shape index (κ2) is 5.44. The third kappa shape index (κ3) is 3.65. The van der Waals surface area contributed by atoms with Gasteiger partial charge in [-0.3, -0.25) is 4.79 Å². The fourth-order valence-electron chi connectivity index (χ4n) is 1.02. The molecule has 0 atom stereocenters. The molecule has 0 radical (unpaired) electrons. The molecule has 8 heteroatoms. The van der Waals surface area contributed by atoms with E-state index >= 15 is 0 Å². The van der Waals surface area contributed by atoms with E-state index in [1.165, 1.54) is 13.1 Å². The summed E-state index contributed by atoms with van der Waals surface area (Å²) in [4.78, 5) is 10.3. The van der Waals surface area contributed by atoms with Crippen LogP contribution in [0.3, 0.4) is 0 Å². The number of hydrogen-bond acceptors (Lipinski definition) is 3. The van der Waals surface area contributed by atoms with E-state index in [1.807, 2.05) is 4.72 Å². The molecule has 1 amide bonds. The maximum atomic E-state index is 13.3. The molecule has 0 aromatic heterocycles. The Kier molecular flexibility index (Phi) is 4.44. The Morgan fingerprint density at radius 1 is 1.47 bits per heavy atom. The lowest BCUT2D eigenvalue weighted by Gasteiger charge is -2.07. The molecule has 0 saturated heterocycles. The van der Waals surface area contributed by atoms with Crippen LogP contribution in [-0.4, -0.2) is 27.9 Å². The van der Waals surface area contributed by atoms with Gasteiger partial charge in [-0.2, -0.15) is 0 Å². The highest BCUT2D eigenvalue weighted by Gasteiger charge is 2.19. The summed E-state index contributed by atoms with van der Waals surface area (Å²) in [5.74, 6) is -1.50. The van der Waals surface area contributed by atoms with Crippen LogP contribution in [0.1, 0.15) is 0 Å². The first-order chi connectivity index (χ1) is 7.86. The van der Waals surface area contributed by atoms with Crippen molar-refractivity contribution in [3.63, 3.8) is 0 Å². The van der Waals surface area contributed by atoms with Gasteiger partial charge in [0.25, 0.3) is 0 Å². The van der Waals surface area contributed by atoms with Crippen molar-refractivity contribution in [3.8, 4) is 0 Å². The van der Waals surface area contributed by atoms with Crippen molar-refractivity contribution in [3.05, 3.63) is 29.0 Å². The lowest BCUT2D eigenvalue weighted by molar-refractivity contribution is -0.119. The van der Waals surface area contributed by atoms with Crippen molar-refractivity contribution in [2.45, 2.75) is 4.90 Å². The second-order valence-corrected chi connectivity index (χ2v) is 5.24. The van der Waals surface area contributed by atoms with Crippen LogP contribution in [0.25, 0.3) is 0 Å². The van der Waals surface area contributed by atoms with Crippen molar-refractivity contribution in [2.75, 3.05) is 13.6 Å². The number of likely N-dealkylation sites (N-methyl/N-ethyl adjacent to an activating group) is 1. The largest absolute Gasteiger partial charge is 0.358 e. The normalized spacial score (nSPS) is 11.2. The van der Waals surface area contributed by atoms with Crippen LogP contribution in [0.4, 0.5) is 4.39 Å². The third-order valence-electron chi connectivity index (χ3n) is 1.89. The zero-order chi connectivity index (χ0) is 13.1. The van der Waals surface area contributed by atoms with Crippen LogP contribution in [0.15, 0.2) is 23.1 Å². The number of carbonyl (C=O) groups is 1. The molecular weight excluding hydrogens is 271 g/mol. The SMILES string of the molecule is CNC(=O)CNS(=O)(=O)c1ccc(Cl)cc1F. The number of amides is 1. The van der Waals surface area contributed by atoms with Crippen LogP contribution >= 0.6 is 11.6 Å². The van der Waals surface area contributed by atoms with E-state index < -0.39 is 33.2 Å². The number of nitrogens with one attached hydrogen (secondary N) is 2. The molecule has 0 aliphatic rings. The van der Waals surface area contributed by atoms with E-state index in [2.05, 4.69) is 5.32 Å². The molecule has 17 heavy (non-hydrogen) atoms.